The van der Waals surface area contributed by atoms with Crippen LogP contribution >= 0.6 is 11.6 Å². The number of carbonyl (C=O) groups is 2. The van der Waals surface area contributed by atoms with Gasteiger partial charge in [0.2, 0.25) is 5.91 Å². The Kier molecular flexibility index (Phi) is 3.53. The summed E-state index contributed by atoms with van der Waals surface area (Å²) in [7, 11) is 0. The van der Waals surface area contributed by atoms with Crippen LogP contribution < -0.4 is 10.6 Å². The first-order chi connectivity index (χ1) is 10.1. The quantitative estimate of drug-likeness (QED) is 0.891. The summed E-state index contributed by atoms with van der Waals surface area (Å²) in [6.07, 6.45) is 3.74. The lowest BCUT2D eigenvalue weighted by molar-refractivity contribution is -0.116. The fraction of sp³-hybridized carbons (Fsp3) is 0.143. The Morgan fingerprint density at radius 1 is 1.24 bits per heavy atom. The summed E-state index contributed by atoms with van der Waals surface area (Å²) >= 11 is 5.63. The van der Waals surface area contributed by atoms with E-state index in [4.69, 9.17) is 11.6 Å². The summed E-state index contributed by atoms with van der Waals surface area (Å²) in [6, 6.07) is 5.34. The van der Waals surface area contributed by atoms with Gasteiger partial charge in [-0.2, -0.15) is 0 Å². The molecular formula is C14H11ClN4O2. The maximum Gasteiger partial charge on any atom is 0.275 e. The van der Waals surface area contributed by atoms with Crippen LogP contribution in [0.3, 0.4) is 0 Å². The molecule has 2 N–H and O–H groups in total. The standard InChI is InChI=1S/C14H11ClN4O2/c15-12-7-16-11(6-17-12)14(21)18-9-2-3-10-8(5-9)1-4-13(20)19-10/h2-3,5-7H,1,4H2,(H,18,21)(H,19,20). The van der Waals surface area contributed by atoms with Crippen LogP contribution in [0.2, 0.25) is 5.15 Å². The number of fused-ring (bicyclic) bond motifs is 1. The fourth-order valence-corrected chi connectivity index (χ4v) is 2.18. The average molecular weight is 303 g/mol. The Morgan fingerprint density at radius 2 is 2.10 bits per heavy atom. The van der Waals surface area contributed by atoms with Gasteiger partial charge in [-0.25, -0.2) is 9.97 Å². The summed E-state index contributed by atoms with van der Waals surface area (Å²) in [5.41, 5.74) is 2.61. The minimum Gasteiger partial charge on any atom is -0.326 e. The summed E-state index contributed by atoms with van der Waals surface area (Å²) in [6.45, 7) is 0. The molecule has 0 unspecified atom stereocenters. The highest BCUT2D eigenvalue weighted by Crippen LogP contribution is 2.25. The number of carbonyl (C=O) groups excluding carboxylic acids is 2. The summed E-state index contributed by atoms with van der Waals surface area (Å²) in [5.74, 6) is -0.352. The van der Waals surface area contributed by atoms with Crippen molar-refractivity contribution in [3.63, 3.8) is 0 Å². The monoisotopic (exact) mass is 302 g/mol. The Balaban J connectivity index is 1.77. The van der Waals surface area contributed by atoms with Crippen molar-refractivity contribution >= 4 is 34.8 Å². The predicted molar refractivity (Wildman–Crippen MR) is 78.4 cm³/mol. The van der Waals surface area contributed by atoms with Crippen LogP contribution in [0, 0.1) is 0 Å². The summed E-state index contributed by atoms with van der Waals surface area (Å²) in [5, 5.41) is 5.76. The maximum absolute atomic E-state index is 12.0. The lowest BCUT2D eigenvalue weighted by atomic mass is 10.0. The molecule has 106 valence electrons. The zero-order chi connectivity index (χ0) is 14.8. The molecule has 0 saturated carbocycles. The molecule has 0 aliphatic carbocycles. The summed E-state index contributed by atoms with van der Waals surface area (Å²) < 4.78 is 0. The number of rotatable bonds is 2. The molecule has 2 aromatic rings. The second kappa shape index (κ2) is 5.49. The van der Waals surface area contributed by atoms with Gasteiger partial charge in [-0.1, -0.05) is 11.6 Å². The molecule has 0 radical (unpaired) electrons. The number of hydrogen-bond acceptors (Lipinski definition) is 4. The minimum atomic E-state index is -0.362. The van der Waals surface area contributed by atoms with E-state index in [0.29, 0.717) is 18.5 Å². The van der Waals surface area contributed by atoms with Gasteiger partial charge in [-0.15, -0.1) is 0 Å². The number of amides is 2. The number of nitrogens with one attached hydrogen (secondary N) is 2. The molecule has 6 nitrogen and oxygen atoms in total. The van der Waals surface area contributed by atoms with E-state index in [1.807, 2.05) is 6.07 Å². The maximum atomic E-state index is 12.0. The number of aromatic nitrogens is 2. The van der Waals surface area contributed by atoms with Crippen LogP contribution in [0.4, 0.5) is 11.4 Å². The fourth-order valence-electron chi connectivity index (χ4n) is 2.09. The highest BCUT2D eigenvalue weighted by atomic mass is 35.5. The van der Waals surface area contributed by atoms with Gasteiger partial charge in [0.1, 0.15) is 10.8 Å². The smallest absolute Gasteiger partial charge is 0.275 e. The number of nitrogens with zero attached hydrogens (tertiary/aromatic N) is 2. The van der Waals surface area contributed by atoms with E-state index in [2.05, 4.69) is 20.6 Å². The van der Waals surface area contributed by atoms with Crippen LogP contribution in [-0.2, 0) is 11.2 Å². The van der Waals surface area contributed by atoms with E-state index in [1.54, 1.807) is 12.1 Å². The van der Waals surface area contributed by atoms with E-state index in [1.165, 1.54) is 12.4 Å². The van der Waals surface area contributed by atoms with Gasteiger partial charge in [0.25, 0.3) is 5.91 Å². The van der Waals surface area contributed by atoms with Gasteiger partial charge in [0, 0.05) is 17.8 Å². The zero-order valence-electron chi connectivity index (χ0n) is 10.9. The van der Waals surface area contributed by atoms with Gasteiger partial charge >= 0.3 is 0 Å². The van der Waals surface area contributed by atoms with Crippen molar-refractivity contribution in [2.75, 3.05) is 10.6 Å². The first-order valence-electron chi connectivity index (χ1n) is 6.33. The molecule has 0 saturated heterocycles. The van der Waals surface area contributed by atoms with Crippen molar-refractivity contribution in [2.24, 2.45) is 0 Å². The van der Waals surface area contributed by atoms with Crippen LogP contribution in [0.25, 0.3) is 0 Å². The number of benzene rings is 1. The topological polar surface area (TPSA) is 84.0 Å². The van der Waals surface area contributed by atoms with Crippen molar-refractivity contribution in [1.82, 2.24) is 9.97 Å². The molecule has 1 aromatic heterocycles. The molecule has 0 spiro atoms. The second-order valence-corrected chi connectivity index (χ2v) is 4.99. The Hall–Kier alpha value is -2.47. The molecule has 0 bridgehead atoms. The molecule has 1 aromatic carbocycles. The van der Waals surface area contributed by atoms with Crippen molar-refractivity contribution in [1.29, 1.82) is 0 Å². The molecule has 1 aliphatic heterocycles. The van der Waals surface area contributed by atoms with E-state index >= 15 is 0 Å². The molecule has 2 heterocycles. The number of hydrogen-bond donors (Lipinski definition) is 2. The van der Waals surface area contributed by atoms with Crippen molar-refractivity contribution < 1.29 is 9.59 Å². The third-order valence-corrected chi connectivity index (χ3v) is 3.31. The number of aryl methyl sites for hydroxylation is 1. The number of anilines is 2. The zero-order valence-corrected chi connectivity index (χ0v) is 11.6. The Morgan fingerprint density at radius 3 is 2.86 bits per heavy atom. The van der Waals surface area contributed by atoms with Gasteiger partial charge in [0.05, 0.1) is 12.4 Å². The Labute approximate surface area is 125 Å². The average Bonchev–Trinajstić information content (AvgIpc) is 2.48. The highest BCUT2D eigenvalue weighted by Gasteiger charge is 2.15. The SMILES string of the molecule is O=C1CCc2cc(NC(=O)c3cnc(Cl)cn3)ccc2N1. The highest BCUT2D eigenvalue weighted by molar-refractivity contribution is 6.29. The molecular weight excluding hydrogens is 292 g/mol. The van der Waals surface area contributed by atoms with Crippen LogP contribution in [0.15, 0.2) is 30.6 Å². The second-order valence-electron chi connectivity index (χ2n) is 4.60. The molecule has 3 rings (SSSR count). The lowest BCUT2D eigenvalue weighted by Gasteiger charge is -2.17. The van der Waals surface area contributed by atoms with Crippen LogP contribution in [0.5, 0.6) is 0 Å². The van der Waals surface area contributed by atoms with E-state index < -0.39 is 0 Å². The van der Waals surface area contributed by atoms with Crippen LogP contribution in [-0.4, -0.2) is 21.8 Å². The van der Waals surface area contributed by atoms with E-state index in [9.17, 15) is 9.59 Å². The summed E-state index contributed by atoms with van der Waals surface area (Å²) in [4.78, 5) is 31.0. The number of halogens is 1. The van der Waals surface area contributed by atoms with Gasteiger partial charge in [-0.05, 0) is 30.2 Å². The molecule has 0 atom stereocenters. The molecule has 7 heteroatoms. The van der Waals surface area contributed by atoms with Crippen molar-refractivity contribution in [3.05, 3.63) is 47.0 Å². The first kappa shape index (κ1) is 13.5. The predicted octanol–water partition coefficient (Wildman–Crippen LogP) is 2.27. The minimum absolute atomic E-state index is 0.00993. The van der Waals surface area contributed by atoms with Gasteiger partial charge in [0.15, 0.2) is 0 Å². The molecule has 1 aliphatic rings. The third-order valence-electron chi connectivity index (χ3n) is 3.11. The third kappa shape index (κ3) is 3.00. The molecule has 2 amide bonds. The molecule has 0 fully saturated rings. The van der Waals surface area contributed by atoms with Gasteiger partial charge in [-0.3, -0.25) is 9.59 Å². The van der Waals surface area contributed by atoms with Crippen molar-refractivity contribution in [3.8, 4) is 0 Å². The Bertz CT molecular complexity index is 715. The largest absolute Gasteiger partial charge is 0.326 e. The first-order valence-corrected chi connectivity index (χ1v) is 6.71. The van der Waals surface area contributed by atoms with E-state index in [-0.39, 0.29) is 22.7 Å². The lowest BCUT2D eigenvalue weighted by Crippen LogP contribution is -2.19. The van der Waals surface area contributed by atoms with Crippen molar-refractivity contribution in [2.45, 2.75) is 12.8 Å². The normalized spacial score (nSPS) is 13.3. The van der Waals surface area contributed by atoms with Gasteiger partial charge < -0.3 is 10.6 Å². The molecule has 21 heavy (non-hydrogen) atoms. The van der Waals surface area contributed by atoms with Crippen LogP contribution in [0.1, 0.15) is 22.5 Å². The van der Waals surface area contributed by atoms with E-state index in [0.717, 1.165) is 11.3 Å².